The number of hydrogen-bond acceptors (Lipinski definition) is 8. The van der Waals surface area contributed by atoms with Gasteiger partial charge in [0.1, 0.15) is 11.3 Å². The Morgan fingerprint density at radius 2 is 1.78 bits per heavy atom. The van der Waals surface area contributed by atoms with Gasteiger partial charge in [-0.2, -0.15) is 0 Å². The normalized spacial score (nSPS) is 12.7. The minimum absolute atomic E-state index is 0.216. The van der Waals surface area contributed by atoms with E-state index >= 15 is 0 Å². The lowest BCUT2D eigenvalue weighted by Crippen LogP contribution is -2.51. The SMILES string of the molecule is C[C@H](Oc1ccc2c(-c3ccccc3)cc(=O)oc2c1)C(=O)N[C@H](CCC(=O)[O-])C(=O)[O-]. The van der Waals surface area contributed by atoms with Crippen molar-refractivity contribution >= 4 is 28.8 Å². The molecule has 1 N–H and O–H groups in total. The summed E-state index contributed by atoms with van der Waals surface area (Å²) in [5.74, 6) is -3.62. The van der Waals surface area contributed by atoms with Gasteiger partial charge in [-0.05, 0) is 43.0 Å². The number of carboxylic acid groups (broad SMARTS) is 2. The molecule has 3 aromatic rings. The van der Waals surface area contributed by atoms with Crippen LogP contribution in [-0.4, -0.2) is 30.0 Å². The van der Waals surface area contributed by atoms with Crippen LogP contribution in [-0.2, 0) is 14.4 Å². The topological polar surface area (TPSA) is 149 Å². The van der Waals surface area contributed by atoms with Gasteiger partial charge in [-0.15, -0.1) is 0 Å². The standard InChI is InChI=1S/C23H21NO8/c1-13(22(28)24-18(23(29)30)9-10-20(25)26)31-15-7-8-16-17(14-5-3-2-4-6-14)12-21(27)32-19(16)11-15/h2-8,11-13,18H,9-10H2,1H3,(H,24,28)(H,25,26)(H,29,30)/p-2/t13-,18+/m0/s1. The molecule has 1 amide bonds. The van der Waals surface area contributed by atoms with Crippen LogP contribution in [0, 0.1) is 0 Å². The number of hydrogen-bond donors (Lipinski definition) is 1. The first-order chi connectivity index (χ1) is 15.2. The van der Waals surface area contributed by atoms with Gasteiger partial charge in [-0.25, -0.2) is 4.79 Å². The maximum Gasteiger partial charge on any atom is 0.336 e. The van der Waals surface area contributed by atoms with Crippen molar-refractivity contribution in [1.82, 2.24) is 5.32 Å². The molecule has 0 aliphatic carbocycles. The number of ether oxygens (including phenoxy) is 1. The van der Waals surface area contributed by atoms with Crippen molar-refractivity contribution in [3.05, 3.63) is 65.0 Å². The molecular formula is C23H19NO8-2. The molecular weight excluding hydrogens is 418 g/mol. The van der Waals surface area contributed by atoms with Crippen molar-refractivity contribution < 1.29 is 33.8 Å². The molecule has 3 rings (SSSR count). The van der Waals surface area contributed by atoms with Crippen LogP contribution in [0.5, 0.6) is 5.75 Å². The third-order valence-corrected chi connectivity index (χ3v) is 4.72. The predicted octanol–water partition coefficient (Wildman–Crippen LogP) is -0.00790. The van der Waals surface area contributed by atoms with E-state index in [0.29, 0.717) is 10.9 Å². The van der Waals surface area contributed by atoms with Crippen molar-refractivity contribution in [2.75, 3.05) is 0 Å². The van der Waals surface area contributed by atoms with E-state index in [4.69, 9.17) is 9.15 Å². The Hall–Kier alpha value is -4.14. The number of rotatable bonds is 9. The second-order valence-corrected chi connectivity index (χ2v) is 7.05. The van der Waals surface area contributed by atoms with E-state index < -0.39 is 42.0 Å². The van der Waals surface area contributed by atoms with Crippen LogP contribution in [0.1, 0.15) is 19.8 Å². The second kappa shape index (κ2) is 9.78. The molecule has 1 heterocycles. The molecule has 0 saturated carbocycles. The summed E-state index contributed by atoms with van der Waals surface area (Å²) in [6.07, 6.45) is -2.06. The number of nitrogens with one attached hydrogen (secondary N) is 1. The van der Waals surface area contributed by atoms with Crippen molar-refractivity contribution in [3.8, 4) is 16.9 Å². The first kappa shape index (κ1) is 22.5. The van der Waals surface area contributed by atoms with Crippen molar-refractivity contribution in [2.45, 2.75) is 31.9 Å². The summed E-state index contributed by atoms with van der Waals surface area (Å²) in [5, 5.41) is 24.5. The van der Waals surface area contributed by atoms with E-state index in [1.54, 1.807) is 12.1 Å². The summed E-state index contributed by atoms with van der Waals surface area (Å²) in [4.78, 5) is 46.0. The Bertz CT molecular complexity index is 1200. The highest BCUT2D eigenvalue weighted by Gasteiger charge is 2.20. The minimum Gasteiger partial charge on any atom is -0.550 e. The van der Waals surface area contributed by atoms with E-state index in [1.165, 1.54) is 19.1 Å². The molecule has 32 heavy (non-hydrogen) atoms. The quantitative estimate of drug-likeness (QED) is 0.460. The summed E-state index contributed by atoms with van der Waals surface area (Å²) in [6.45, 7) is 1.39. The molecule has 0 spiro atoms. The zero-order valence-electron chi connectivity index (χ0n) is 17.0. The summed E-state index contributed by atoms with van der Waals surface area (Å²) >= 11 is 0. The van der Waals surface area contributed by atoms with Crippen LogP contribution in [0.3, 0.4) is 0 Å². The van der Waals surface area contributed by atoms with Gasteiger partial charge in [-0.3, -0.25) is 4.79 Å². The van der Waals surface area contributed by atoms with Crippen molar-refractivity contribution in [1.29, 1.82) is 0 Å². The fraction of sp³-hybridized carbons (Fsp3) is 0.217. The maximum atomic E-state index is 12.3. The number of benzene rings is 2. The van der Waals surface area contributed by atoms with E-state index in [2.05, 4.69) is 5.32 Å². The molecule has 0 unspecified atom stereocenters. The number of amides is 1. The average molecular weight is 437 g/mol. The highest BCUT2D eigenvalue weighted by molar-refractivity contribution is 5.94. The molecule has 9 nitrogen and oxygen atoms in total. The van der Waals surface area contributed by atoms with Crippen LogP contribution < -0.4 is 25.9 Å². The van der Waals surface area contributed by atoms with Crippen molar-refractivity contribution in [3.63, 3.8) is 0 Å². The van der Waals surface area contributed by atoms with Crippen molar-refractivity contribution in [2.24, 2.45) is 0 Å². The summed E-state index contributed by atoms with van der Waals surface area (Å²) in [6, 6.07) is 13.9. The molecule has 9 heteroatoms. The molecule has 2 aromatic carbocycles. The highest BCUT2D eigenvalue weighted by atomic mass is 16.5. The molecule has 0 aliphatic rings. The van der Waals surface area contributed by atoms with Crippen LogP contribution in [0.15, 0.2) is 63.8 Å². The van der Waals surface area contributed by atoms with Crippen LogP contribution in [0.25, 0.3) is 22.1 Å². The second-order valence-electron chi connectivity index (χ2n) is 7.05. The lowest BCUT2D eigenvalue weighted by Gasteiger charge is -2.22. The smallest absolute Gasteiger partial charge is 0.336 e. The summed E-state index contributed by atoms with van der Waals surface area (Å²) in [7, 11) is 0. The van der Waals surface area contributed by atoms with E-state index in [0.717, 1.165) is 5.56 Å². The summed E-state index contributed by atoms with van der Waals surface area (Å²) < 4.78 is 10.8. The van der Waals surface area contributed by atoms with Gasteiger partial charge >= 0.3 is 5.63 Å². The van der Waals surface area contributed by atoms with E-state index in [-0.39, 0.29) is 17.8 Å². The Labute approximate surface area is 182 Å². The maximum absolute atomic E-state index is 12.3. The van der Waals surface area contributed by atoms with Crippen LogP contribution >= 0.6 is 0 Å². The molecule has 2 atom stereocenters. The number of carboxylic acids is 2. The molecule has 1 aromatic heterocycles. The number of fused-ring (bicyclic) bond motifs is 1. The van der Waals surface area contributed by atoms with Crippen LogP contribution in [0.2, 0.25) is 0 Å². The third kappa shape index (κ3) is 5.51. The Kier molecular flexibility index (Phi) is 6.89. The Balaban J connectivity index is 1.78. The van der Waals surface area contributed by atoms with Gasteiger partial charge in [0, 0.05) is 23.5 Å². The summed E-state index contributed by atoms with van der Waals surface area (Å²) in [5.41, 5.74) is 1.21. The Morgan fingerprint density at radius 1 is 1.06 bits per heavy atom. The third-order valence-electron chi connectivity index (χ3n) is 4.72. The van der Waals surface area contributed by atoms with Gasteiger partial charge in [0.05, 0.1) is 12.0 Å². The zero-order valence-corrected chi connectivity index (χ0v) is 17.0. The van der Waals surface area contributed by atoms with Gasteiger partial charge in [0.15, 0.2) is 6.10 Å². The fourth-order valence-corrected chi connectivity index (χ4v) is 3.13. The highest BCUT2D eigenvalue weighted by Crippen LogP contribution is 2.29. The number of carbonyl (C=O) groups excluding carboxylic acids is 3. The van der Waals surface area contributed by atoms with E-state index in [1.807, 2.05) is 30.3 Å². The predicted molar refractivity (Wildman–Crippen MR) is 109 cm³/mol. The fourth-order valence-electron chi connectivity index (χ4n) is 3.13. The largest absolute Gasteiger partial charge is 0.550 e. The molecule has 0 radical (unpaired) electrons. The molecule has 0 bridgehead atoms. The van der Waals surface area contributed by atoms with Gasteiger partial charge < -0.3 is 34.3 Å². The lowest BCUT2D eigenvalue weighted by molar-refractivity contribution is -0.310. The zero-order chi connectivity index (χ0) is 23.3. The van der Waals surface area contributed by atoms with E-state index in [9.17, 15) is 29.4 Å². The molecule has 0 aliphatic heterocycles. The first-order valence-corrected chi connectivity index (χ1v) is 9.75. The van der Waals surface area contributed by atoms with Gasteiger partial charge in [-0.1, -0.05) is 30.3 Å². The average Bonchev–Trinajstić information content (AvgIpc) is 2.75. The monoisotopic (exact) mass is 437 g/mol. The molecule has 0 saturated heterocycles. The number of carbonyl (C=O) groups is 3. The molecule has 166 valence electrons. The minimum atomic E-state index is -1.62. The van der Waals surface area contributed by atoms with Gasteiger partial charge in [0.25, 0.3) is 5.91 Å². The van der Waals surface area contributed by atoms with Gasteiger partial charge in [0.2, 0.25) is 0 Å². The lowest BCUT2D eigenvalue weighted by atomic mass is 10.0. The van der Waals surface area contributed by atoms with Crippen LogP contribution in [0.4, 0.5) is 0 Å². The molecule has 0 fully saturated rings. The number of aliphatic carboxylic acids is 2. The first-order valence-electron chi connectivity index (χ1n) is 9.75. The Morgan fingerprint density at radius 3 is 2.44 bits per heavy atom.